The largest absolute Gasteiger partial charge is 0.368 e. The first-order valence-electron chi connectivity index (χ1n) is 7.23. The van der Waals surface area contributed by atoms with Crippen LogP contribution >= 0.6 is 31.9 Å². The molecule has 1 unspecified atom stereocenters. The SMILES string of the molecule is Brc1cccc(Br)c1N1CCCNC(c2ccccc2)C1. The summed E-state index contributed by atoms with van der Waals surface area (Å²) in [6.07, 6.45) is 1.15. The maximum atomic E-state index is 3.69. The molecular weight excluding hydrogens is 392 g/mol. The van der Waals surface area contributed by atoms with Gasteiger partial charge in [-0.05, 0) is 62.5 Å². The van der Waals surface area contributed by atoms with E-state index in [1.165, 1.54) is 11.3 Å². The molecule has 1 heterocycles. The van der Waals surface area contributed by atoms with Crippen molar-refractivity contribution >= 4 is 37.5 Å². The first-order chi connectivity index (χ1) is 10.3. The molecule has 0 spiro atoms. The number of nitrogens with one attached hydrogen (secondary N) is 1. The molecule has 0 aromatic heterocycles. The Morgan fingerprint density at radius 3 is 2.38 bits per heavy atom. The van der Waals surface area contributed by atoms with Crippen LogP contribution in [0.3, 0.4) is 0 Å². The van der Waals surface area contributed by atoms with Gasteiger partial charge in [-0.2, -0.15) is 0 Å². The van der Waals surface area contributed by atoms with E-state index in [1.807, 2.05) is 0 Å². The number of hydrogen-bond acceptors (Lipinski definition) is 2. The molecular formula is C17H18Br2N2. The number of benzene rings is 2. The van der Waals surface area contributed by atoms with Crippen LogP contribution in [0.25, 0.3) is 0 Å². The minimum atomic E-state index is 0.368. The maximum absolute atomic E-state index is 3.69. The van der Waals surface area contributed by atoms with Gasteiger partial charge in [0.25, 0.3) is 0 Å². The lowest BCUT2D eigenvalue weighted by atomic mass is 10.1. The Hall–Kier alpha value is -0.840. The van der Waals surface area contributed by atoms with E-state index >= 15 is 0 Å². The van der Waals surface area contributed by atoms with Gasteiger partial charge in [-0.25, -0.2) is 0 Å². The van der Waals surface area contributed by atoms with E-state index in [-0.39, 0.29) is 0 Å². The zero-order chi connectivity index (χ0) is 14.7. The minimum Gasteiger partial charge on any atom is -0.368 e. The van der Waals surface area contributed by atoms with Crippen LogP contribution in [0.5, 0.6) is 0 Å². The highest BCUT2D eigenvalue weighted by atomic mass is 79.9. The van der Waals surface area contributed by atoms with Crippen molar-refractivity contribution in [1.82, 2.24) is 5.32 Å². The van der Waals surface area contributed by atoms with Crippen LogP contribution < -0.4 is 10.2 Å². The lowest BCUT2D eigenvalue weighted by molar-refractivity contribution is 0.570. The second-order valence-electron chi connectivity index (χ2n) is 5.29. The first-order valence-corrected chi connectivity index (χ1v) is 8.81. The average Bonchev–Trinajstić information content (AvgIpc) is 2.74. The highest BCUT2D eigenvalue weighted by molar-refractivity contribution is 9.11. The molecule has 0 saturated carbocycles. The summed E-state index contributed by atoms with van der Waals surface area (Å²) in [5.41, 5.74) is 2.61. The number of hydrogen-bond donors (Lipinski definition) is 1. The van der Waals surface area contributed by atoms with Crippen molar-refractivity contribution in [3.8, 4) is 0 Å². The lowest BCUT2D eigenvalue weighted by Gasteiger charge is -2.28. The molecule has 2 aromatic carbocycles. The van der Waals surface area contributed by atoms with Gasteiger partial charge in [0.15, 0.2) is 0 Å². The van der Waals surface area contributed by atoms with E-state index in [0.29, 0.717) is 6.04 Å². The Balaban J connectivity index is 1.89. The van der Waals surface area contributed by atoms with Crippen molar-refractivity contribution in [2.24, 2.45) is 0 Å². The van der Waals surface area contributed by atoms with Crippen LogP contribution in [-0.2, 0) is 0 Å². The smallest absolute Gasteiger partial charge is 0.0655 e. The number of anilines is 1. The Morgan fingerprint density at radius 2 is 1.67 bits per heavy atom. The van der Waals surface area contributed by atoms with E-state index in [2.05, 4.69) is 90.6 Å². The first kappa shape index (κ1) is 15.1. The number of para-hydroxylation sites is 1. The van der Waals surface area contributed by atoms with E-state index in [9.17, 15) is 0 Å². The van der Waals surface area contributed by atoms with Gasteiger partial charge in [-0.15, -0.1) is 0 Å². The Kier molecular flexibility index (Phi) is 4.99. The van der Waals surface area contributed by atoms with Crippen LogP contribution in [0.2, 0.25) is 0 Å². The van der Waals surface area contributed by atoms with Crippen molar-refractivity contribution in [3.63, 3.8) is 0 Å². The molecule has 0 amide bonds. The molecule has 2 nitrogen and oxygen atoms in total. The van der Waals surface area contributed by atoms with E-state index < -0.39 is 0 Å². The molecule has 1 saturated heterocycles. The minimum absolute atomic E-state index is 0.368. The quantitative estimate of drug-likeness (QED) is 0.769. The van der Waals surface area contributed by atoms with Crippen LogP contribution in [0.4, 0.5) is 5.69 Å². The molecule has 1 aliphatic rings. The predicted octanol–water partition coefficient (Wildman–Crippen LogP) is 4.75. The monoisotopic (exact) mass is 408 g/mol. The molecule has 4 heteroatoms. The fraction of sp³-hybridized carbons (Fsp3) is 0.294. The average molecular weight is 410 g/mol. The molecule has 1 N–H and O–H groups in total. The highest BCUT2D eigenvalue weighted by Gasteiger charge is 2.21. The highest BCUT2D eigenvalue weighted by Crippen LogP contribution is 2.35. The van der Waals surface area contributed by atoms with Crippen LogP contribution in [0.15, 0.2) is 57.5 Å². The fourth-order valence-electron chi connectivity index (χ4n) is 2.83. The summed E-state index contributed by atoms with van der Waals surface area (Å²) >= 11 is 7.38. The third-order valence-electron chi connectivity index (χ3n) is 3.85. The van der Waals surface area contributed by atoms with Crippen molar-refractivity contribution in [2.45, 2.75) is 12.5 Å². The van der Waals surface area contributed by atoms with E-state index in [4.69, 9.17) is 0 Å². The predicted molar refractivity (Wildman–Crippen MR) is 95.9 cm³/mol. The molecule has 21 heavy (non-hydrogen) atoms. The zero-order valence-electron chi connectivity index (χ0n) is 11.7. The lowest BCUT2D eigenvalue weighted by Crippen LogP contribution is -2.31. The van der Waals surface area contributed by atoms with Gasteiger partial charge >= 0.3 is 0 Å². The second-order valence-corrected chi connectivity index (χ2v) is 7.00. The second kappa shape index (κ2) is 6.95. The van der Waals surface area contributed by atoms with Gasteiger partial charge in [0.05, 0.1) is 5.69 Å². The van der Waals surface area contributed by atoms with Crippen molar-refractivity contribution in [1.29, 1.82) is 0 Å². The van der Waals surface area contributed by atoms with Gasteiger partial charge < -0.3 is 10.2 Å². The van der Waals surface area contributed by atoms with Crippen molar-refractivity contribution in [2.75, 3.05) is 24.5 Å². The number of halogens is 2. The van der Waals surface area contributed by atoms with Crippen LogP contribution in [0, 0.1) is 0 Å². The molecule has 0 radical (unpaired) electrons. The zero-order valence-corrected chi connectivity index (χ0v) is 14.9. The Bertz CT molecular complexity index is 581. The third-order valence-corrected chi connectivity index (χ3v) is 5.13. The maximum Gasteiger partial charge on any atom is 0.0655 e. The number of rotatable bonds is 2. The van der Waals surface area contributed by atoms with E-state index in [1.54, 1.807) is 0 Å². The third kappa shape index (κ3) is 3.50. The standard InChI is InChI=1S/C17H18Br2N2/c18-14-8-4-9-15(19)17(14)21-11-5-10-20-16(12-21)13-6-2-1-3-7-13/h1-4,6-9,16,20H,5,10-12H2. The number of nitrogens with zero attached hydrogens (tertiary/aromatic N) is 1. The molecule has 1 atom stereocenters. The molecule has 110 valence electrons. The molecule has 1 aliphatic heterocycles. The Morgan fingerprint density at radius 1 is 0.952 bits per heavy atom. The van der Waals surface area contributed by atoms with Crippen molar-refractivity contribution < 1.29 is 0 Å². The summed E-state index contributed by atoms with van der Waals surface area (Å²) in [4.78, 5) is 2.46. The molecule has 0 bridgehead atoms. The summed E-state index contributed by atoms with van der Waals surface area (Å²) in [5.74, 6) is 0. The van der Waals surface area contributed by atoms with Crippen LogP contribution in [-0.4, -0.2) is 19.6 Å². The van der Waals surface area contributed by atoms with Gasteiger partial charge in [-0.3, -0.25) is 0 Å². The molecule has 3 rings (SSSR count). The van der Waals surface area contributed by atoms with Crippen LogP contribution in [0.1, 0.15) is 18.0 Å². The van der Waals surface area contributed by atoms with Crippen molar-refractivity contribution in [3.05, 3.63) is 63.0 Å². The fourth-order valence-corrected chi connectivity index (χ4v) is 4.33. The van der Waals surface area contributed by atoms with E-state index in [0.717, 1.165) is 35.0 Å². The summed E-state index contributed by atoms with van der Waals surface area (Å²) in [5, 5.41) is 3.66. The molecule has 1 fully saturated rings. The van der Waals surface area contributed by atoms with Gasteiger partial charge in [0, 0.05) is 28.1 Å². The van der Waals surface area contributed by atoms with Gasteiger partial charge in [0.2, 0.25) is 0 Å². The normalized spacial score (nSPS) is 19.3. The summed E-state index contributed by atoms with van der Waals surface area (Å²) in [6, 6.07) is 17.3. The Labute approximate surface area is 142 Å². The topological polar surface area (TPSA) is 15.3 Å². The summed E-state index contributed by atoms with van der Waals surface area (Å²) in [6.45, 7) is 3.10. The summed E-state index contributed by atoms with van der Waals surface area (Å²) < 4.78 is 2.29. The van der Waals surface area contributed by atoms with Gasteiger partial charge in [0.1, 0.15) is 0 Å². The summed E-state index contributed by atoms with van der Waals surface area (Å²) in [7, 11) is 0. The molecule has 0 aliphatic carbocycles. The molecule has 2 aromatic rings. The van der Waals surface area contributed by atoms with Gasteiger partial charge in [-0.1, -0.05) is 36.4 Å².